The van der Waals surface area contributed by atoms with Crippen LogP contribution in [0.3, 0.4) is 0 Å². The van der Waals surface area contributed by atoms with Gasteiger partial charge in [0, 0.05) is 18.3 Å². The topological polar surface area (TPSA) is 46.9 Å². The molecular weight excluding hydrogens is 234 g/mol. The van der Waals surface area contributed by atoms with Crippen molar-refractivity contribution in [3.05, 3.63) is 17.5 Å². The van der Waals surface area contributed by atoms with Crippen molar-refractivity contribution in [2.45, 2.75) is 39.0 Å². The van der Waals surface area contributed by atoms with Crippen LogP contribution < -0.4 is 5.32 Å². The third kappa shape index (κ3) is 4.07. The number of hydrogen-bond donors (Lipinski definition) is 1. The standard InChI is InChI=1S/C12H21N3OS/c1-8(2)17-7-12(16)14-9(3)11-6-13-15(5)10(11)4/h6,8-9H,7H2,1-5H3,(H,14,16)/t9-/m1/s1. The molecule has 1 rings (SSSR count). The summed E-state index contributed by atoms with van der Waals surface area (Å²) in [6, 6.07) is 0.0176. The number of aromatic nitrogens is 2. The second-order valence-electron chi connectivity index (χ2n) is 4.46. The van der Waals surface area contributed by atoms with Crippen LogP contribution in [-0.4, -0.2) is 26.7 Å². The molecule has 0 aliphatic rings. The minimum Gasteiger partial charge on any atom is -0.349 e. The van der Waals surface area contributed by atoms with Crippen LogP contribution in [0.4, 0.5) is 0 Å². The van der Waals surface area contributed by atoms with Gasteiger partial charge in [-0.15, -0.1) is 11.8 Å². The van der Waals surface area contributed by atoms with Crippen LogP contribution in [0.15, 0.2) is 6.20 Å². The molecule has 5 heteroatoms. The average molecular weight is 255 g/mol. The highest BCUT2D eigenvalue weighted by atomic mass is 32.2. The van der Waals surface area contributed by atoms with E-state index in [4.69, 9.17) is 0 Å². The average Bonchev–Trinajstić information content (AvgIpc) is 2.57. The van der Waals surface area contributed by atoms with Gasteiger partial charge in [0.25, 0.3) is 0 Å². The van der Waals surface area contributed by atoms with Crippen LogP contribution in [0.2, 0.25) is 0 Å². The van der Waals surface area contributed by atoms with Gasteiger partial charge in [-0.1, -0.05) is 13.8 Å². The molecule has 1 atom stereocenters. The van der Waals surface area contributed by atoms with E-state index in [9.17, 15) is 4.79 Å². The number of nitrogens with zero attached hydrogens (tertiary/aromatic N) is 2. The second kappa shape index (κ2) is 6.10. The molecule has 17 heavy (non-hydrogen) atoms. The molecule has 1 heterocycles. The first-order chi connectivity index (χ1) is 7.91. The Morgan fingerprint density at radius 1 is 1.53 bits per heavy atom. The molecule has 0 radical (unpaired) electrons. The molecule has 0 aromatic carbocycles. The van der Waals surface area contributed by atoms with Crippen molar-refractivity contribution in [2.24, 2.45) is 7.05 Å². The van der Waals surface area contributed by atoms with E-state index in [1.165, 1.54) is 0 Å². The van der Waals surface area contributed by atoms with Crippen LogP contribution in [-0.2, 0) is 11.8 Å². The predicted octanol–water partition coefficient (Wildman–Crippen LogP) is 2.05. The first-order valence-electron chi connectivity index (χ1n) is 5.81. The van der Waals surface area contributed by atoms with E-state index in [-0.39, 0.29) is 11.9 Å². The highest BCUT2D eigenvalue weighted by Crippen LogP contribution is 2.16. The molecule has 0 bridgehead atoms. The fourth-order valence-corrected chi connectivity index (χ4v) is 2.11. The van der Waals surface area contributed by atoms with Gasteiger partial charge in [-0.05, 0) is 19.1 Å². The van der Waals surface area contributed by atoms with E-state index in [1.807, 2.05) is 31.8 Å². The van der Waals surface area contributed by atoms with E-state index in [0.29, 0.717) is 11.0 Å². The number of nitrogens with one attached hydrogen (secondary N) is 1. The minimum atomic E-state index is 0.0176. The Kier molecular flexibility index (Phi) is 5.05. The van der Waals surface area contributed by atoms with Gasteiger partial charge in [0.2, 0.25) is 5.91 Å². The molecule has 0 saturated heterocycles. The molecule has 0 aliphatic carbocycles. The lowest BCUT2D eigenvalue weighted by Gasteiger charge is -2.14. The summed E-state index contributed by atoms with van der Waals surface area (Å²) < 4.78 is 1.82. The summed E-state index contributed by atoms with van der Waals surface area (Å²) in [7, 11) is 1.90. The maximum absolute atomic E-state index is 11.7. The maximum atomic E-state index is 11.7. The molecular formula is C12H21N3OS. The Morgan fingerprint density at radius 2 is 2.18 bits per heavy atom. The summed E-state index contributed by atoms with van der Waals surface area (Å²) in [5, 5.41) is 7.65. The van der Waals surface area contributed by atoms with E-state index >= 15 is 0 Å². The van der Waals surface area contributed by atoms with Gasteiger partial charge in [0.1, 0.15) is 0 Å². The van der Waals surface area contributed by atoms with Crippen molar-refractivity contribution in [2.75, 3.05) is 5.75 Å². The molecule has 1 amide bonds. The first kappa shape index (κ1) is 14.1. The normalized spacial score (nSPS) is 12.8. The zero-order valence-corrected chi connectivity index (χ0v) is 12.0. The molecule has 0 saturated carbocycles. The number of carbonyl (C=O) groups is 1. The maximum Gasteiger partial charge on any atom is 0.230 e. The van der Waals surface area contributed by atoms with Gasteiger partial charge in [-0.25, -0.2) is 0 Å². The minimum absolute atomic E-state index is 0.0176. The highest BCUT2D eigenvalue weighted by molar-refractivity contribution is 8.00. The Balaban J connectivity index is 2.52. The van der Waals surface area contributed by atoms with E-state index in [1.54, 1.807) is 11.8 Å². The Morgan fingerprint density at radius 3 is 2.65 bits per heavy atom. The van der Waals surface area contributed by atoms with Crippen LogP contribution in [0.25, 0.3) is 0 Å². The largest absolute Gasteiger partial charge is 0.349 e. The fraction of sp³-hybridized carbons (Fsp3) is 0.667. The summed E-state index contributed by atoms with van der Waals surface area (Å²) in [4.78, 5) is 11.7. The van der Waals surface area contributed by atoms with Crippen molar-refractivity contribution < 1.29 is 4.79 Å². The van der Waals surface area contributed by atoms with Gasteiger partial charge in [-0.3, -0.25) is 9.48 Å². The Hall–Kier alpha value is -0.970. The van der Waals surface area contributed by atoms with E-state index < -0.39 is 0 Å². The summed E-state index contributed by atoms with van der Waals surface area (Å²) in [5.74, 6) is 0.598. The molecule has 0 fully saturated rings. The molecule has 1 N–H and O–H groups in total. The van der Waals surface area contributed by atoms with E-state index in [0.717, 1.165) is 11.3 Å². The van der Waals surface area contributed by atoms with Crippen molar-refractivity contribution in [3.63, 3.8) is 0 Å². The molecule has 0 spiro atoms. The number of aryl methyl sites for hydroxylation is 1. The molecule has 4 nitrogen and oxygen atoms in total. The van der Waals surface area contributed by atoms with Crippen LogP contribution in [0.1, 0.15) is 38.1 Å². The van der Waals surface area contributed by atoms with Crippen LogP contribution in [0, 0.1) is 6.92 Å². The summed E-state index contributed by atoms with van der Waals surface area (Å²) in [6.45, 7) is 8.18. The summed E-state index contributed by atoms with van der Waals surface area (Å²) >= 11 is 1.65. The SMILES string of the molecule is Cc1c([C@@H](C)NC(=O)CSC(C)C)cnn1C. The van der Waals surface area contributed by atoms with Gasteiger partial charge >= 0.3 is 0 Å². The molecule has 1 aromatic heterocycles. The number of rotatable bonds is 5. The third-order valence-corrected chi connectivity index (χ3v) is 3.76. The number of carbonyl (C=O) groups excluding carboxylic acids is 1. The molecule has 0 aliphatic heterocycles. The van der Waals surface area contributed by atoms with Crippen LogP contribution >= 0.6 is 11.8 Å². The third-order valence-electron chi connectivity index (χ3n) is 2.66. The number of thioether (sulfide) groups is 1. The predicted molar refractivity (Wildman–Crippen MR) is 72.1 cm³/mol. The lowest BCUT2D eigenvalue weighted by molar-refractivity contribution is -0.119. The smallest absolute Gasteiger partial charge is 0.230 e. The van der Waals surface area contributed by atoms with Crippen molar-refractivity contribution in [1.29, 1.82) is 0 Å². The lowest BCUT2D eigenvalue weighted by Crippen LogP contribution is -2.28. The zero-order valence-electron chi connectivity index (χ0n) is 11.2. The quantitative estimate of drug-likeness (QED) is 0.876. The Bertz CT molecular complexity index is 387. The van der Waals surface area contributed by atoms with Crippen molar-refractivity contribution >= 4 is 17.7 Å². The van der Waals surface area contributed by atoms with Gasteiger partial charge in [-0.2, -0.15) is 5.10 Å². The monoisotopic (exact) mass is 255 g/mol. The molecule has 96 valence electrons. The number of amides is 1. The van der Waals surface area contributed by atoms with Gasteiger partial charge in [0.05, 0.1) is 18.0 Å². The summed E-state index contributed by atoms with van der Waals surface area (Å²) in [6.07, 6.45) is 1.82. The highest BCUT2D eigenvalue weighted by Gasteiger charge is 2.14. The molecule has 1 aromatic rings. The van der Waals surface area contributed by atoms with Crippen molar-refractivity contribution in [3.8, 4) is 0 Å². The van der Waals surface area contributed by atoms with Gasteiger partial charge in [0.15, 0.2) is 0 Å². The number of hydrogen-bond acceptors (Lipinski definition) is 3. The second-order valence-corrected chi connectivity index (χ2v) is 6.02. The van der Waals surface area contributed by atoms with E-state index in [2.05, 4.69) is 24.3 Å². The summed E-state index contributed by atoms with van der Waals surface area (Å²) in [5.41, 5.74) is 2.17. The van der Waals surface area contributed by atoms with Crippen molar-refractivity contribution in [1.82, 2.24) is 15.1 Å². The molecule has 0 unspecified atom stereocenters. The fourth-order valence-electron chi connectivity index (χ4n) is 1.54. The van der Waals surface area contributed by atoms with Gasteiger partial charge < -0.3 is 5.32 Å². The Labute approximate surface area is 107 Å². The van der Waals surface area contributed by atoms with Crippen LogP contribution in [0.5, 0.6) is 0 Å². The lowest BCUT2D eigenvalue weighted by atomic mass is 10.1. The first-order valence-corrected chi connectivity index (χ1v) is 6.86. The zero-order chi connectivity index (χ0) is 13.0.